The number of nitro groups is 1. The van der Waals surface area contributed by atoms with Gasteiger partial charge in [0.1, 0.15) is 5.82 Å². The van der Waals surface area contributed by atoms with Crippen LogP contribution in [0.25, 0.3) is 10.9 Å². The SMILES string of the molecule is CCCCc1nc2ccc(Br)cc2c(=O)n1N=Cc1cc(Cl)c(OCC(=O)OC(C)C)c([N+](=O)[O-])c1. The Bertz CT molecular complexity index is 1390. The Morgan fingerprint density at radius 1 is 1.33 bits per heavy atom. The van der Waals surface area contributed by atoms with E-state index in [2.05, 4.69) is 26.0 Å². The fraction of sp³-hybridized carbons (Fsp3) is 0.333. The maximum Gasteiger partial charge on any atom is 0.344 e. The Balaban J connectivity index is 2.00. The summed E-state index contributed by atoms with van der Waals surface area (Å²) >= 11 is 9.61. The molecule has 3 rings (SSSR count). The van der Waals surface area contributed by atoms with Crippen molar-refractivity contribution in [1.29, 1.82) is 0 Å². The summed E-state index contributed by atoms with van der Waals surface area (Å²) in [6.07, 6.45) is 3.15. The molecule has 0 atom stereocenters. The number of nitrogens with zero attached hydrogens (tertiary/aromatic N) is 4. The smallest absolute Gasteiger partial charge is 0.344 e. The van der Waals surface area contributed by atoms with E-state index in [1.165, 1.54) is 23.0 Å². The second kappa shape index (κ2) is 12.1. The Kier molecular flexibility index (Phi) is 9.16. The van der Waals surface area contributed by atoms with Crippen molar-refractivity contribution in [1.82, 2.24) is 9.66 Å². The molecule has 0 radical (unpaired) electrons. The summed E-state index contributed by atoms with van der Waals surface area (Å²) in [4.78, 5) is 40.6. The number of fused-ring (bicyclic) bond motifs is 1. The number of rotatable bonds is 10. The molecule has 12 heteroatoms. The summed E-state index contributed by atoms with van der Waals surface area (Å²) in [5, 5.41) is 16.2. The molecule has 3 aromatic rings. The van der Waals surface area contributed by atoms with Gasteiger partial charge < -0.3 is 9.47 Å². The van der Waals surface area contributed by atoms with E-state index in [0.717, 1.165) is 17.3 Å². The summed E-state index contributed by atoms with van der Waals surface area (Å²) in [7, 11) is 0. The van der Waals surface area contributed by atoms with Crippen molar-refractivity contribution in [2.75, 3.05) is 6.61 Å². The van der Waals surface area contributed by atoms with Gasteiger partial charge in [0.2, 0.25) is 5.75 Å². The molecule has 0 saturated heterocycles. The number of benzene rings is 2. The third-order valence-electron chi connectivity index (χ3n) is 4.90. The molecule has 1 aromatic heterocycles. The normalized spacial score (nSPS) is 11.4. The first kappa shape index (κ1) is 27.3. The van der Waals surface area contributed by atoms with Gasteiger partial charge in [-0.3, -0.25) is 14.9 Å². The molecule has 0 spiro atoms. The number of nitro benzene ring substituents is 1. The van der Waals surface area contributed by atoms with Gasteiger partial charge in [-0.1, -0.05) is 40.9 Å². The summed E-state index contributed by atoms with van der Waals surface area (Å²) in [5.74, 6) is -0.481. The molecular weight excluding hydrogens is 556 g/mol. The highest BCUT2D eigenvalue weighted by Crippen LogP contribution is 2.36. The van der Waals surface area contributed by atoms with Gasteiger partial charge in [0, 0.05) is 22.5 Å². The van der Waals surface area contributed by atoms with E-state index in [0.29, 0.717) is 23.1 Å². The molecular formula is C24H24BrClN4O6. The van der Waals surface area contributed by atoms with Crippen molar-refractivity contribution in [2.45, 2.75) is 46.1 Å². The fourth-order valence-corrected chi connectivity index (χ4v) is 3.95. The average molecular weight is 580 g/mol. The minimum atomic E-state index is -0.685. The number of aryl methyl sites for hydroxylation is 1. The van der Waals surface area contributed by atoms with E-state index in [9.17, 15) is 19.7 Å². The first-order valence-corrected chi connectivity index (χ1v) is 12.3. The largest absolute Gasteiger partial charge is 0.474 e. The maximum absolute atomic E-state index is 13.2. The Morgan fingerprint density at radius 3 is 2.75 bits per heavy atom. The van der Waals surface area contributed by atoms with Gasteiger partial charge in [0.15, 0.2) is 6.61 Å². The predicted molar refractivity (Wildman–Crippen MR) is 140 cm³/mol. The number of carbonyl (C=O) groups is 1. The molecule has 0 aliphatic carbocycles. The lowest BCUT2D eigenvalue weighted by Gasteiger charge is -2.11. The molecule has 190 valence electrons. The molecule has 0 aliphatic rings. The van der Waals surface area contributed by atoms with Crippen molar-refractivity contribution < 1.29 is 19.2 Å². The average Bonchev–Trinajstić information content (AvgIpc) is 2.81. The van der Waals surface area contributed by atoms with Crippen LogP contribution >= 0.6 is 27.5 Å². The fourth-order valence-electron chi connectivity index (χ4n) is 3.32. The zero-order valence-electron chi connectivity index (χ0n) is 19.9. The van der Waals surface area contributed by atoms with Gasteiger partial charge >= 0.3 is 11.7 Å². The summed E-state index contributed by atoms with van der Waals surface area (Å²) in [6, 6.07) is 7.81. The van der Waals surface area contributed by atoms with Crippen molar-refractivity contribution >= 4 is 56.3 Å². The number of ether oxygens (including phenoxy) is 2. The lowest BCUT2D eigenvalue weighted by atomic mass is 10.2. The zero-order chi connectivity index (χ0) is 26.4. The summed E-state index contributed by atoms with van der Waals surface area (Å²) in [5.41, 5.74) is -0.0169. The van der Waals surface area contributed by atoms with Gasteiger partial charge in [-0.2, -0.15) is 9.78 Å². The molecule has 2 aromatic carbocycles. The van der Waals surface area contributed by atoms with E-state index < -0.39 is 23.2 Å². The van der Waals surface area contributed by atoms with Crippen LogP contribution in [0, 0.1) is 10.1 Å². The molecule has 0 aliphatic heterocycles. The third-order valence-corrected chi connectivity index (χ3v) is 5.67. The monoisotopic (exact) mass is 578 g/mol. The van der Waals surface area contributed by atoms with E-state index >= 15 is 0 Å². The number of unbranched alkanes of at least 4 members (excludes halogenated alkanes) is 1. The highest BCUT2D eigenvalue weighted by molar-refractivity contribution is 9.10. The lowest BCUT2D eigenvalue weighted by molar-refractivity contribution is -0.385. The van der Waals surface area contributed by atoms with E-state index in [-0.39, 0.29) is 28.0 Å². The van der Waals surface area contributed by atoms with Crippen LogP contribution < -0.4 is 10.3 Å². The molecule has 10 nitrogen and oxygen atoms in total. The number of aromatic nitrogens is 2. The second-order valence-electron chi connectivity index (χ2n) is 8.09. The van der Waals surface area contributed by atoms with Crippen molar-refractivity contribution in [3.05, 3.63) is 71.7 Å². The van der Waals surface area contributed by atoms with Crippen LogP contribution in [-0.4, -0.2) is 39.5 Å². The molecule has 0 N–H and O–H groups in total. The Morgan fingerprint density at radius 2 is 2.08 bits per heavy atom. The Hall–Kier alpha value is -3.31. The molecule has 0 fully saturated rings. The van der Waals surface area contributed by atoms with Crippen LogP contribution in [0.1, 0.15) is 45.0 Å². The van der Waals surface area contributed by atoms with Gasteiger partial charge in [-0.05, 0) is 44.5 Å². The van der Waals surface area contributed by atoms with E-state index in [4.69, 9.17) is 21.1 Å². The minimum Gasteiger partial charge on any atom is -0.474 e. The third kappa shape index (κ3) is 6.67. The summed E-state index contributed by atoms with van der Waals surface area (Å²) in [6.45, 7) is 4.83. The van der Waals surface area contributed by atoms with Crippen molar-refractivity contribution in [3.63, 3.8) is 0 Å². The minimum absolute atomic E-state index is 0.0953. The maximum atomic E-state index is 13.2. The number of esters is 1. The Labute approximate surface area is 220 Å². The first-order chi connectivity index (χ1) is 17.1. The van der Waals surface area contributed by atoms with Crippen molar-refractivity contribution in [3.8, 4) is 5.75 Å². The molecule has 36 heavy (non-hydrogen) atoms. The number of hydrogen-bond acceptors (Lipinski definition) is 8. The molecule has 0 saturated carbocycles. The standard InChI is InChI=1S/C24H24BrClN4O6/c1-4-5-6-21-28-19-8-7-16(25)11-17(19)24(32)29(21)27-12-15-9-18(26)23(20(10-15)30(33)34)35-13-22(31)36-14(2)3/h7-12,14H,4-6,13H2,1-3H3. The highest BCUT2D eigenvalue weighted by Gasteiger charge is 2.22. The molecule has 1 heterocycles. The van der Waals surface area contributed by atoms with Crippen LogP contribution in [-0.2, 0) is 16.0 Å². The van der Waals surface area contributed by atoms with Crippen LogP contribution in [0.5, 0.6) is 5.75 Å². The van der Waals surface area contributed by atoms with Gasteiger partial charge in [-0.15, -0.1) is 0 Å². The van der Waals surface area contributed by atoms with Crippen molar-refractivity contribution in [2.24, 2.45) is 5.10 Å². The number of halogens is 2. The zero-order valence-corrected chi connectivity index (χ0v) is 22.2. The molecule has 0 amide bonds. The lowest BCUT2D eigenvalue weighted by Crippen LogP contribution is -2.22. The van der Waals surface area contributed by atoms with Crippen LogP contribution in [0.15, 0.2) is 44.7 Å². The molecule has 0 unspecified atom stereocenters. The number of carbonyl (C=O) groups excluding carboxylic acids is 1. The quantitative estimate of drug-likeness (QED) is 0.138. The first-order valence-electron chi connectivity index (χ1n) is 11.2. The predicted octanol–water partition coefficient (Wildman–Crippen LogP) is 5.28. The van der Waals surface area contributed by atoms with Gasteiger partial charge in [0.25, 0.3) is 5.56 Å². The number of hydrogen-bond donors (Lipinski definition) is 0. The van der Waals surface area contributed by atoms with Crippen LogP contribution in [0.2, 0.25) is 5.02 Å². The highest BCUT2D eigenvalue weighted by atomic mass is 79.9. The van der Waals surface area contributed by atoms with Gasteiger partial charge in [0.05, 0.1) is 33.2 Å². The van der Waals surface area contributed by atoms with Crippen LogP contribution in [0.3, 0.4) is 0 Å². The van der Waals surface area contributed by atoms with E-state index in [1.54, 1.807) is 32.0 Å². The van der Waals surface area contributed by atoms with E-state index in [1.807, 2.05) is 6.92 Å². The summed E-state index contributed by atoms with van der Waals surface area (Å²) < 4.78 is 12.2. The molecule has 0 bridgehead atoms. The van der Waals surface area contributed by atoms with Gasteiger partial charge in [-0.25, -0.2) is 9.78 Å². The topological polar surface area (TPSA) is 126 Å². The second-order valence-corrected chi connectivity index (χ2v) is 9.41. The van der Waals surface area contributed by atoms with Crippen LogP contribution in [0.4, 0.5) is 5.69 Å².